The molecule has 2 aromatic rings. The summed E-state index contributed by atoms with van der Waals surface area (Å²) in [6, 6.07) is 8.11. The van der Waals surface area contributed by atoms with Crippen LogP contribution in [-0.2, 0) is 13.6 Å². The highest BCUT2D eigenvalue weighted by Crippen LogP contribution is 2.11. The van der Waals surface area contributed by atoms with Crippen molar-refractivity contribution in [2.75, 3.05) is 26.7 Å². The first-order valence-corrected chi connectivity index (χ1v) is 9.55. The van der Waals surface area contributed by atoms with Crippen molar-refractivity contribution in [2.45, 2.75) is 40.2 Å². The molecule has 7 heteroatoms. The van der Waals surface area contributed by atoms with Gasteiger partial charge in [0, 0.05) is 20.6 Å². The average Bonchev–Trinajstić information content (AvgIpc) is 2.98. The lowest BCUT2D eigenvalue weighted by Crippen LogP contribution is -2.41. The van der Waals surface area contributed by atoms with Crippen molar-refractivity contribution in [1.82, 2.24) is 25.0 Å². The van der Waals surface area contributed by atoms with E-state index in [1.165, 1.54) is 5.56 Å². The van der Waals surface area contributed by atoms with Gasteiger partial charge in [0.2, 0.25) is 0 Å². The third-order valence-corrected chi connectivity index (χ3v) is 4.44. The van der Waals surface area contributed by atoms with Gasteiger partial charge >= 0.3 is 0 Å². The summed E-state index contributed by atoms with van der Waals surface area (Å²) in [6.45, 7) is 8.92. The summed E-state index contributed by atoms with van der Waals surface area (Å²) in [5, 5.41) is 11.7. The van der Waals surface area contributed by atoms with Crippen LogP contribution in [0.5, 0.6) is 5.75 Å². The van der Waals surface area contributed by atoms with E-state index in [9.17, 15) is 0 Å². The number of aryl methyl sites for hydroxylation is 2. The van der Waals surface area contributed by atoms with Gasteiger partial charge in [0.1, 0.15) is 24.7 Å². The van der Waals surface area contributed by atoms with Crippen LogP contribution in [0, 0.1) is 13.8 Å². The second-order valence-corrected chi connectivity index (χ2v) is 6.73. The van der Waals surface area contributed by atoms with E-state index in [-0.39, 0.29) is 0 Å². The monoisotopic (exact) mass is 372 g/mol. The molecule has 0 saturated heterocycles. The van der Waals surface area contributed by atoms with Crippen LogP contribution in [0.4, 0.5) is 0 Å². The molecule has 0 aliphatic rings. The Kier molecular flexibility index (Phi) is 8.10. The third kappa shape index (κ3) is 6.58. The van der Waals surface area contributed by atoms with Crippen LogP contribution in [0.15, 0.2) is 29.3 Å². The number of hydrogen-bond acceptors (Lipinski definition) is 4. The fourth-order valence-electron chi connectivity index (χ4n) is 2.46. The molecule has 0 radical (unpaired) electrons. The quantitative estimate of drug-likeness (QED) is 0.416. The molecule has 0 saturated carbocycles. The highest BCUT2D eigenvalue weighted by molar-refractivity contribution is 5.79. The lowest BCUT2D eigenvalue weighted by molar-refractivity contribution is 0.281. The van der Waals surface area contributed by atoms with Crippen molar-refractivity contribution in [2.24, 2.45) is 12.0 Å². The van der Waals surface area contributed by atoms with Crippen molar-refractivity contribution in [3.8, 4) is 5.75 Å². The van der Waals surface area contributed by atoms with E-state index in [0.29, 0.717) is 13.2 Å². The highest BCUT2D eigenvalue weighted by Gasteiger charge is 2.09. The smallest absolute Gasteiger partial charge is 0.194 e. The normalized spacial score (nSPS) is 11.5. The number of benzene rings is 1. The standard InChI is InChI=1S/C20H32N6O/c1-6-7-12-21-20(22-15-19-24-23-17(3)26(19)5)25(4)13-14-27-18-10-8-16(2)9-11-18/h8-11H,6-7,12-15H2,1-5H3,(H,21,22). The van der Waals surface area contributed by atoms with Gasteiger partial charge in [0.15, 0.2) is 11.8 Å². The Bertz CT molecular complexity index is 723. The zero-order valence-corrected chi connectivity index (χ0v) is 17.2. The van der Waals surface area contributed by atoms with E-state index >= 15 is 0 Å². The molecule has 0 bridgehead atoms. The molecular weight excluding hydrogens is 340 g/mol. The zero-order chi connectivity index (χ0) is 19.6. The Hall–Kier alpha value is -2.57. The molecule has 1 heterocycles. The minimum absolute atomic E-state index is 0.495. The lowest BCUT2D eigenvalue weighted by Gasteiger charge is -2.22. The van der Waals surface area contributed by atoms with Gasteiger partial charge in [0.25, 0.3) is 0 Å². The Morgan fingerprint density at radius 3 is 2.59 bits per heavy atom. The number of likely N-dealkylation sites (N-methyl/N-ethyl adjacent to an activating group) is 1. The van der Waals surface area contributed by atoms with Gasteiger partial charge in [-0.3, -0.25) is 0 Å². The summed E-state index contributed by atoms with van der Waals surface area (Å²) < 4.78 is 7.81. The van der Waals surface area contributed by atoms with Crippen molar-refractivity contribution in [3.05, 3.63) is 41.5 Å². The summed E-state index contributed by atoms with van der Waals surface area (Å²) in [5.74, 6) is 3.49. The topological polar surface area (TPSA) is 67.6 Å². The van der Waals surface area contributed by atoms with Gasteiger partial charge in [-0.25, -0.2) is 4.99 Å². The van der Waals surface area contributed by atoms with Crippen molar-refractivity contribution < 1.29 is 4.74 Å². The molecule has 7 nitrogen and oxygen atoms in total. The van der Waals surface area contributed by atoms with Crippen LogP contribution in [-0.4, -0.2) is 52.4 Å². The molecule has 0 amide bonds. The maximum atomic E-state index is 5.84. The summed E-state index contributed by atoms with van der Waals surface area (Å²) in [4.78, 5) is 6.82. The SMILES string of the molecule is CCCCNC(=NCc1nnc(C)n1C)N(C)CCOc1ccc(C)cc1. The van der Waals surface area contributed by atoms with Gasteiger partial charge < -0.3 is 19.5 Å². The first kappa shape index (κ1) is 20.7. The van der Waals surface area contributed by atoms with E-state index in [4.69, 9.17) is 9.73 Å². The number of nitrogens with one attached hydrogen (secondary N) is 1. The van der Waals surface area contributed by atoms with Gasteiger partial charge in [-0.05, 0) is 32.4 Å². The van der Waals surface area contributed by atoms with Crippen molar-refractivity contribution in [1.29, 1.82) is 0 Å². The van der Waals surface area contributed by atoms with Crippen LogP contribution in [0.3, 0.4) is 0 Å². The second-order valence-electron chi connectivity index (χ2n) is 6.73. The number of aliphatic imine (C=N–C) groups is 1. The van der Waals surface area contributed by atoms with Crippen molar-refractivity contribution >= 4 is 5.96 Å². The maximum Gasteiger partial charge on any atom is 0.194 e. The molecule has 0 unspecified atom stereocenters. The van der Waals surface area contributed by atoms with Crippen LogP contribution in [0.2, 0.25) is 0 Å². The fraction of sp³-hybridized carbons (Fsp3) is 0.550. The lowest BCUT2D eigenvalue weighted by atomic mass is 10.2. The van der Waals surface area contributed by atoms with Gasteiger partial charge in [-0.2, -0.15) is 0 Å². The number of guanidine groups is 1. The van der Waals surface area contributed by atoms with Gasteiger partial charge in [-0.1, -0.05) is 31.0 Å². The summed E-state index contributed by atoms with van der Waals surface area (Å²) in [5.41, 5.74) is 1.23. The number of hydrogen-bond donors (Lipinski definition) is 1. The molecule has 2 rings (SSSR count). The summed E-state index contributed by atoms with van der Waals surface area (Å²) in [7, 11) is 3.99. The molecule has 0 fully saturated rings. The van der Waals surface area contributed by atoms with E-state index in [1.807, 2.05) is 37.7 Å². The van der Waals surface area contributed by atoms with Crippen LogP contribution in [0.1, 0.15) is 37.0 Å². The minimum atomic E-state index is 0.495. The Labute approximate surface area is 162 Å². The van der Waals surface area contributed by atoms with Gasteiger partial charge in [0.05, 0.1) is 6.54 Å². The van der Waals surface area contributed by atoms with Gasteiger partial charge in [-0.15, -0.1) is 10.2 Å². The molecule has 0 aliphatic heterocycles. The summed E-state index contributed by atoms with van der Waals surface area (Å²) >= 11 is 0. The predicted molar refractivity (Wildman–Crippen MR) is 109 cm³/mol. The number of aromatic nitrogens is 3. The number of rotatable bonds is 9. The van der Waals surface area contributed by atoms with Crippen LogP contribution < -0.4 is 10.1 Å². The summed E-state index contributed by atoms with van der Waals surface area (Å²) in [6.07, 6.45) is 2.25. The van der Waals surface area contributed by atoms with Crippen molar-refractivity contribution in [3.63, 3.8) is 0 Å². The van der Waals surface area contributed by atoms with E-state index in [1.54, 1.807) is 0 Å². The molecular formula is C20H32N6O. The molecule has 0 atom stereocenters. The molecule has 1 aromatic carbocycles. The zero-order valence-electron chi connectivity index (χ0n) is 17.2. The molecule has 27 heavy (non-hydrogen) atoms. The number of unbranched alkanes of at least 4 members (excludes halogenated alkanes) is 1. The van der Waals surface area contributed by atoms with E-state index in [2.05, 4.69) is 46.4 Å². The van der Waals surface area contributed by atoms with Crippen LogP contribution >= 0.6 is 0 Å². The first-order chi connectivity index (χ1) is 13.0. The second kappa shape index (κ2) is 10.5. The molecule has 0 aliphatic carbocycles. The first-order valence-electron chi connectivity index (χ1n) is 9.55. The Balaban J connectivity index is 1.93. The molecule has 1 N–H and O–H groups in total. The number of ether oxygens (including phenoxy) is 1. The fourth-order valence-corrected chi connectivity index (χ4v) is 2.46. The van der Waals surface area contributed by atoms with E-state index in [0.717, 1.165) is 49.3 Å². The average molecular weight is 373 g/mol. The molecule has 148 valence electrons. The minimum Gasteiger partial charge on any atom is -0.492 e. The molecule has 0 spiro atoms. The Morgan fingerprint density at radius 2 is 1.96 bits per heavy atom. The predicted octanol–water partition coefficient (Wildman–Crippen LogP) is 2.69. The van der Waals surface area contributed by atoms with Crippen LogP contribution in [0.25, 0.3) is 0 Å². The number of nitrogens with zero attached hydrogens (tertiary/aromatic N) is 5. The van der Waals surface area contributed by atoms with E-state index < -0.39 is 0 Å². The Morgan fingerprint density at radius 1 is 1.22 bits per heavy atom. The maximum absolute atomic E-state index is 5.84. The largest absolute Gasteiger partial charge is 0.492 e. The molecule has 1 aromatic heterocycles. The third-order valence-electron chi connectivity index (χ3n) is 4.44. The highest BCUT2D eigenvalue weighted by atomic mass is 16.5.